The molecule has 22 heavy (non-hydrogen) atoms. The minimum absolute atomic E-state index is 0.712. The van der Waals surface area contributed by atoms with Crippen LogP contribution >= 0.6 is 0 Å². The van der Waals surface area contributed by atoms with Crippen molar-refractivity contribution in [3.05, 3.63) is 35.4 Å². The SMILES string of the molecule is CN(C)C(=NCc1ccc(CN2CCOCC2)cc1)N(C)C. The summed E-state index contributed by atoms with van der Waals surface area (Å²) in [5.74, 6) is 0.984. The third-order valence-electron chi connectivity index (χ3n) is 3.74. The molecule has 0 amide bonds. The number of morpholine rings is 1. The molecule has 1 aromatic carbocycles. The highest BCUT2D eigenvalue weighted by molar-refractivity contribution is 5.79. The van der Waals surface area contributed by atoms with Crippen molar-refractivity contribution in [3.63, 3.8) is 0 Å². The predicted octanol–water partition coefficient (Wildman–Crippen LogP) is 1.50. The van der Waals surface area contributed by atoms with Crippen molar-refractivity contribution in [2.45, 2.75) is 13.1 Å². The Balaban J connectivity index is 1.92. The van der Waals surface area contributed by atoms with Crippen LogP contribution in [0.3, 0.4) is 0 Å². The Labute approximate surface area is 134 Å². The second kappa shape index (κ2) is 8.15. The van der Waals surface area contributed by atoms with Gasteiger partial charge < -0.3 is 14.5 Å². The lowest BCUT2D eigenvalue weighted by molar-refractivity contribution is 0.0342. The van der Waals surface area contributed by atoms with E-state index in [1.165, 1.54) is 11.1 Å². The van der Waals surface area contributed by atoms with Crippen LogP contribution in [-0.4, -0.2) is 75.2 Å². The van der Waals surface area contributed by atoms with Gasteiger partial charge in [0.15, 0.2) is 5.96 Å². The van der Waals surface area contributed by atoms with E-state index in [0.717, 1.165) is 38.8 Å². The summed E-state index contributed by atoms with van der Waals surface area (Å²) in [6, 6.07) is 8.79. The van der Waals surface area contributed by atoms with Crippen LogP contribution in [0.1, 0.15) is 11.1 Å². The molecule has 5 nitrogen and oxygen atoms in total. The number of benzene rings is 1. The molecule has 1 aromatic rings. The van der Waals surface area contributed by atoms with Crippen molar-refractivity contribution in [2.24, 2.45) is 4.99 Å². The van der Waals surface area contributed by atoms with Crippen molar-refractivity contribution in [2.75, 3.05) is 54.5 Å². The summed E-state index contributed by atoms with van der Waals surface area (Å²) >= 11 is 0. The van der Waals surface area contributed by atoms with Gasteiger partial charge in [0.2, 0.25) is 0 Å². The first-order valence-corrected chi connectivity index (χ1v) is 7.83. The number of rotatable bonds is 4. The normalized spacial score (nSPS) is 15.5. The molecule has 0 atom stereocenters. The zero-order chi connectivity index (χ0) is 15.9. The van der Waals surface area contributed by atoms with Crippen LogP contribution in [0, 0.1) is 0 Å². The number of guanidine groups is 1. The van der Waals surface area contributed by atoms with Gasteiger partial charge in [0, 0.05) is 47.8 Å². The molecule has 0 bridgehead atoms. The summed E-state index contributed by atoms with van der Waals surface area (Å²) in [6.07, 6.45) is 0. The fraction of sp³-hybridized carbons (Fsp3) is 0.588. The largest absolute Gasteiger partial charge is 0.379 e. The molecule has 2 rings (SSSR count). The molecule has 0 N–H and O–H groups in total. The topological polar surface area (TPSA) is 31.3 Å². The van der Waals surface area contributed by atoms with Gasteiger partial charge in [0.1, 0.15) is 0 Å². The average molecular weight is 304 g/mol. The Morgan fingerprint density at radius 3 is 2.09 bits per heavy atom. The highest BCUT2D eigenvalue weighted by Crippen LogP contribution is 2.10. The first-order chi connectivity index (χ1) is 10.6. The van der Waals surface area contributed by atoms with Crippen LogP contribution < -0.4 is 0 Å². The molecule has 0 aromatic heterocycles. The molecule has 1 heterocycles. The smallest absolute Gasteiger partial charge is 0.195 e. The molecular weight excluding hydrogens is 276 g/mol. The monoisotopic (exact) mass is 304 g/mol. The first kappa shape index (κ1) is 16.8. The quantitative estimate of drug-likeness (QED) is 0.623. The van der Waals surface area contributed by atoms with E-state index in [0.29, 0.717) is 6.54 Å². The summed E-state index contributed by atoms with van der Waals surface area (Å²) in [5, 5.41) is 0. The fourth-order valence-electron chi connectivity index (χ4n) is 2.61. The fourth-order valence-corrected chi connectivity index (χ4v) is 2.61. The van der Waals surface area contributed by atoms with E-state index in [2.05, 4.69) is 34.2 Å². The minimum Gasteiger partial charge on any atom is -0.379 e. The molecule has 0 radical (unpaired) electrons. The molecule has 1 aliphatic rings. The number of aliphatic imine (C=N–C) groups is 1. The van der Waals surface area contributed by atoms with Gasteiger partial charge in [-0.25, -0.2) is 4.99 Å². The Morgan fingerprint density at radius 1 is 1.00 bits per heavy atom. The van der Waals surface area contributed by atoms with E-state index in [4.69, 9.17) is 4.74 Å². The standard InChI is InChI=1S/C17H28N4O/c1-19(2)17(20(3)4)18-13-15-5-7-16(8-6-15)14-21-9-11-22-12-10-21/h5-8H,9-14H2,1-4H3. The average Bonchev–Trinajstić information content (AvgIpc) is 2.49. The van der Waals surface area contributed by atoms with Crippen LogP contribution in [0.4, 0.5) is 0 Å². The first-order valence-electron chi connectivity index (χ1n) is 7.83. The Bertz CT molecular complexity index is 466. The third-order valence-corrected chi connectivity index (χ3v) is 3.74. The van der Waals surface area contributed by atoms with Crippen molar-refractivity contribution >= 4 is 5.96 Å². The van der Waals surface area contributed by atoms with Gasteiger partial charge in [0.25, 0.3) is 0 Å². The van der Waals surface area contributed by atoms with Crippen LogP contribution in [0.2, 0.25) is 0 Å². The summed E-state index contributed by atoms with van der Waals surface area (Å²) in [7, 11) is 8.07. The molecule has 1 fully saturated rings. The highest BCUT2D eigenvalue weighted by atomic mass is 16.5. The molecule has 1 saturated heterocycles. The van der Waals surface area contributed by atoms with Crippen LogP contribution in [0.15, 0.2) is 29.3 Å². The van der Waals surface area contributed by atoms with Crippen molar-refractivity contribution in [1.29, 1.82) is 0 Å². The van der Waals surface area contributed by atoms with Gasteiger partial charge in [-0.1, -0.05) is 24.3 Å². The van der Waals surface area contributed by atoms with Crippen molar-refractivity contribution in [3.8, 4) is 0 Å². The minimum atomic E-state index is 0.712. The zero-order valence-corrected chi connectivity index (χ0v) is 14.2. The summed E-state index contributed by atoms with van der Waals surface area (Å²) in [5.41, 5.74) is 2.60. The maximum absolute atomic E-state index is 5.39. The number of nitrogens with zero attached hydrogens (tertiary/aromatic N) is 4. The Kier molecular flexibility index (Phi) is 6.21. The van der Waals surface area contributed by atoms with Crippen LogP contribution in [-0.2, 0) is 17.8 Å². The highest BCUT2D eigenvalue weighted by Gasteiger charge is 2.10. The summed E-state index contributed by atoms with van der Waals surface area (Å²) < 4.78 is 5.39. The lowest BCUT2D eigenvalue weighted by Crippen LogP contribution is -2.35. The molecule has 1 aliphatic heterocycles. The third kappa shape index (κ3) is 5.00. The van der Waals surface area contributed by atoms with Crippen molar-refractivity contribution in [1.82, 2.24) is 14.7 Å². The van der Waals surface area contributed by atoms with Crippen LogP contribution in [0.25, 0.3) is 0 Å². The second-order valence-corrected chi connectivity index (χ2v) is 6.11. The van der Waals surface area contributed by atoms with E-state index in [9.17, 15) is 0 Å². The molecule has 122 valence electrons. The van der Waals surface area contributed by atoms with E-state index in [-0.39, 0.29) is 0 Å². The summed E-state index contributed by atoms with van der Waals surface area (Å²) in [4.78, 5) is 11.2. The number of ether oxygens (including phenoxy) is 1. The van der Waals surface area contributed by atoms with Crippen molar-refractivity contribution < 1.29 is 4.74 Å². The maximum Gasteiger partial charge on any atom is 0.195 e. The van der Waals surface area contributed by atoms with Gasteiger partial charge in [-0.05, 0) is 11.1 Å². The Morgan fingerprint density at radius 2 is 1.55 bits per heavy atom. The predicted molar refractivity (Wildman–Crippen MR) is 91.1 cm³/mol. The molecular formula is C17H28N4O. The van der Waals surface area contributed by atoms with Gasteiger partial charge >= 0.3 is 0 Å². The molecule has 0 saturated carbocycles. The maximum atomic E-state index is 5.39. The van der Waals surface area contributed by atoms with Gasteiger partial charge in [0.05, 0.1) is 19.8 Å². The lowest BCUT2D eigenvalue weighted by atomic mass is 10.1. The molecule has 5 heteroatoms. The molecule has 0 aliphatic carbocycles. The number of hydrogen-bond acceptors (Lipinski definition) is 3. The van der Waals surface area contributed by atoms with E-state index < -0.39 is 0 Å². The van der Waals surface area contributed by atoms with E-state index >= 15 is 0 Å². The lowest BCUT2D eigenvalue weighted by Gasteiger charge is -2.26. The molecule has 0 spiro atoms. The van der Waals surface area contributed by atoms with E-state index in [1.54, 1.807) is 0 Å². The second-order valence-electron chi connectivity index (χ2n) is 6.11. The van der Waals surface area contributed by atoms with Gasteiger partial charge in [-0.2, -0.15) is 0 Å². The van der Waals surface area contributed by atoms with Gasteiger partial charge in [-0.15, -0.1) is 0 Å². The summed E-state index contributed by atoms with van der Waals surface area (Å²) in [6.45, 7) is 5.48. The number of hydrogen-bond donors (Lipinski definition) is 0. The molecule has 0 unspecified atom stereocenters. The Hall–Kier alpha value is -1.59. The van der Waals surface area contributed by atoms with E-state index in [1.807, 2.05) is 38.0 Å². The van der Waals surface area contributed by atoms with Gasteiger partial charge in [-0.3, -0.25) is 4.90 Å². The van der Waals surface area contributed by atoms with Crippen LogP contribution in [0.5, 0.6) is 0 Å². The zero-order valence-electron chi connectivity index (χ0n) is 14.2.